The van der Waals surface area contributed by atoms with Gasteiger partial charge in [-0.15, -0.1) is 0 Å². The van der Waals surface area contributed by atoms with Crippen LogP contribution in [0.25, 0.3) is 11.3 Å². The number of ether oxygens (including phenoxy) is 1. The average molecular weight is 423 g/mol. The maximum absolute atomic E-state index is 6.02. The van der Waals surface area contributed by atoms with Crippen molar-refractivity contribution in [3.05, 3.63) is 42.1 Å². The molecule has 5 nitrogen and oxygen atoms in total. The maximum Gasteiger partial charge on any atom is 0.0702 e. The van der Waals surface area contributed by atoms with E-state index >= 15 is 0 Å². The Hall–Kier alpha value is -1.69. The molecule has 0 radical (unpaired) electrons. The first-order chi connectivity index (χ1) is 15.3. The summed E-state index contributed by atoms with van der Waals surface area (Å²) in [6, 6.07) is 11.5. The van der Waals surface area contributed by atoms with E-state index in [9.17, 15) is 0 Å². The SMILES string of the molecule is c1ccc(-c2[nH]ncc2CN(CC2CCN(C3CCCC3)CC2)C[C@H]2CCCO2)cc1. The summed E-state index contributed by atoms with van der Waals surface area (Å²) in [5.74, 6) is 0.797. The van der Waals surface area contributed by atoms with Gasteiger partial charge in [-0.1, -0.05) is 43.2 Å². The number of likely N-dealkylation sites (tertiary alicyclic amines) is 1. The van der Waals surface area contributed by atoms with Crippen LogP contribution in [0, 0.1) is 5.92 Å². The summed E-state index contributed by atoms with van der Waals surface area (Å²) in [7, 11) is 0. The minimum Gasteiger partial charge on any atom is -0.377 e. The van der Waals surface area contributed by atoms with Crippen LogP contribution in [0.5, 0.6) is 0 Å². The molecule has 1 aromatic heterocycles. The Kier molecular flexibility index (Phi) is 7.02. The van der Waals surface area contributed by atoms with Crippen molar-refractivity contribution in [2.75, 3.05) is 32.8 Å². The summed E-state index contributed by atoms with van der Waals surface area (Å²) >= 11 is 0. The third-order valence-corrected chi connectivity index (χ3v) is 7.67. The van der Waals surface area contributed by atoms with Crippen LogP contribution in [0.15, 0.2) is 36.5 Å². The van der Waals surface area contributed by atoms with E-state index in [-0.39, 0.29) is 0 Å². The molecule has 0 amide bonds. The summed E-state index contributed by atoms with van der Waals surface area (Å²) in [6.07, 6.45) is 13.2. The van der Waals surface area contributed by atoms with E-state index in [4.69, 9.17) is 4.74 Å². The molecule has 1 aromatic carbocycles. The second-order valence-corrected chi connectivity index (χ2v) is 9.88. The Bertz CT molecular complexity index is 787. The zero-order valence-corrected chi connectivity index (χ0v) is 18.8. The van der Waals surface area contributed by atoms with Crippen LogP contribution in [0.3, 0.4) is 0 Å². The number of piperidine rings is 1. The average Bonchev–Trinajstić information content (AvgIpc) is 3.58. The molecule has 1 saturated carbocycles. The van der Waals surface area contributed by atoms with Crippen molar-refractivity contribution in [2.45, 2.75) is 70.1 Å². The summed E-state index contributed by atoms with van der Waals surface area (Å²) in [5, 5.41) is 7.64. The second-order valence-electron chi connectivity index (χ2n) is 9.88. The van der Waals surface area contributed by atoms with Gasteiger partial charge in [-0.05, 0) is 63.1 Å². The lowest BCUT2D eigenvalue weighted by atomic mass is 9.94. The number of aromatic amines is 1. The number of rotatable bonds is 8. The van der Waals surface area contributed by atoms with Crippen molar-refractivity contribution in [2.24, 2.45) is 5.92 Å². The number of hydrogen-bond donors (Lipinski definition) is 1. The minimum atomic E-state index is 0.394. The van der Waals surface area contributed by atoms with Crippen LogP contribution in [-0.4, -0.2) is 64.9 Å². The lowest BCUT2D eigenvalue weighted by molar-refractivity contribution is 0.0540. The van der Waals surface area contributed by atoms with Crippen molar-refractivity contribution < 1.29 is 4.74 Å². The van der Waals surface area contributed by atoms with Crippen molar-refractivity contribution in [1.29, 1.82) is 0 Å². The lowest BCUT2D eigenvalue weighted by Gasteiger charge is -2.38. The van der Waals surface area contributed by atoms with Crippen LogP contribution in [-0.2, 0) is 11.3 Å². The molecule has 3 heterocycles. The Morgan fingerprint density at radius 2 is 1.77 bits per heavy atom. The molecule has 31 heavy (non-hydrogen) atoms. The minimum absolute atomic E-state index is 0.394. The van der Waals surface area contributed by atoms with Crippen LogP contribution in [0.1, 0.15) is 56.9 Å². The van der Waals surface area contributed by atoms with Crippen molar-refractivity contribution in [3.63, 3.8) is 0 Å². The zero-order chi connectivity index (χ0) is 20.9. The zero-order valence-electron chi connectivity index (χ0n) is 18.8. The quantitative estimate of drug-likeness (QED) is 0.669. The number of H-pyrrole nitrogens is 1. The van der Waals surface area contributed by atoms with E-state index in [1.165, 1.54) is 82.1 Å². The molecule has 1 atom stereocenters. The Morgan fingerprint density at radius 1 is 0.968 bits per heavy atom. The second kappa shape index (κ2) is 10.3. The molecule has 168 valence electrons. The van der Waals surface area contributed by atoms with Gasteiger partial charge in [0.2, 0.25) is 0 Å². The molecular weight excluding hydrogens is 384 g/mol. The molecule has 1 N–H and O–H groups in total. The van der Waals surface area contributed by atoms with Crippen molar-refractivity contribution in [1.82, 2.24) is 20.0 Å². The molecule has 0 bridgehead atoms. The van der Waals surface area contributed by atoms with E-state index < -0.39 is 0 Å². The van der Waals surface area contributed by atoms with Crippen LogP contribution in [0.4, 0.5) is 0 Å². The smallest absolute Gasteiger partial charge is 0.0702 e. The molecule has 0 unspecified atom stereocenters. The topological polar surface area (TPSA) is 44.4 Å². The van der Waals surface area contributed by atoms with Crippen LogP contribution >= 0.6 is 0 Å². The van der Waals surface area contributed by atoms with Gasteiger partial charge in [0.1, 0.15) is 0 Å². The lowest BCUT2D eigenvalue weighted by Crippen LogP contribution is -2.43. The van der Waals surface area contributed by atoms with Gasteiger partial charge >= 0.3 is 0 Å². The molecule has 5 heteroatoms. The highest BCUT2D eigenvalue weighted by molar-refractivity contribution is 5.62. The van der Waals surface area contributed by atoms with Gasteiger partial charge in [-0.3, -0.25) is 10.00 Å². The fraction of sp³-hybridized carbons (Fsp3) is 0.654. The van der Waals surface area contributed by atoms with Gasteiger partial charge in [-0.25, -0.2) is 0 Å². The summed E-state index contributed by atoms with van der Waals surface area (Å²) < 4.78 is 6.02. The van der Waals surface area contributed by atoms with Crippen LogP contribution in [0.2, 0.25) is 0 Å². The van der Waals surface area contributed by atoms with E-state index in [0.717, 1.165) is 37.4 Å². The molecule has 5 rings (SSSR count). The summed E-state index contributed by atoms with van der Waals surface area (Å²) in [6.45, 7) is 6.69. The van der Waals surface area contributed by atoms with Crippen molar-refractivity contribution >= 4 is 0 Å². The number of nitrogens with zero attached hydrogens (tertiary/aromatic N) is 3. The normalized spacial score (nSPS) is 23.8. The molecular formula is C26H38N4O. The summed E-state index contributed by atoms with van der Waals surface area (Å²) in [4.78, 5) is 5.45. The van der Waals surface area contributed by atoms with Gasteiger partial charge < -0.3 is 9.64 Å². The fourth-order valence-corrected chi connectivity index (χ4v) is 5.94. The van der Waals surface area contributed by atoms with Crippen molar-refractivity contribution in [3.8, 4) is 11.3 Å². The first-order valence-corrected chi connectivity index (χ1v) is 12.5. The summed E-state index contributed by atoms with van der Waals surface area (Å²) in [5.41, 5.74) is 3.68. The van der Waals surface area contributed by atoms with E-state index in [1.807, 2.05) is 6.20 Å². The first-order valence-electron chi connectivity index (χ1n) is 12.5. The number of aromatic nitrogens is 2. The monoisotopic (exact) mass is 422 g/mol. The molecule has 1 aliphatic carbocycles. The van der Waals surface area contributed by atoms with E-state index in [2.05, 4.69) is 50.3 Å². The van der Waals surface area contributed by atoms with Gasteiger partial charge in [0.05, 0.1) is 18.0 Å². The van der Waals surface area contributed by atoms with Gasteiger partial charge in [-0.2, -0.15) is 5.10 Å². The number of hydrogen-bond acceptors (Lipinski definition) is 4. The van der Waals surface area contributed by atoms with Crippen LogP contribution < -0.4 is 0 Å². The van der Waals surface area contributed by atoms with E-state index in [0.29, 0.717) is 6.10 Å². The molecule has 2 saturated heterocycles. The highest BCUT2D eigenvalue weighted by atomic mass is 16.5. The first kappa shape index (κ1) is 21.2. The molecule has 3 fully saturated rings. The standard InChI is InChI=1S/C26H38N4O/c1-2-7-22(8-3-1)26-23(17-27-28-26)19-29(20-25-11-6-16-31-25)18-21-12-14-30(15-13-21)24-9-4-5-10-24/h1-3,7-8,17,21,24-25H,4-6,9-16,18-20H2,(H,27,28)/t25-/m1/s1. The third-order valence-electron chi connectivity index (χ3n) is 7.67. The Morgan fingerprint density at radius 3 is 2.52 bits per heavy atom. The molecule has 2 aromatic rings. The Balaban J connectivity index is 1.23. The van der Waals surface area contributed by atoms with Gasteiger partial charge in [0, 0.05) is 37.8 Å². The Labute approximate surface area is 187 Å². The predicted octanol–water partition coefficient (Wildman–Crippen LogP) is 4.71. The highest BCUT2D eigenvalue weighted by Gasteiger charge is 2.29. The largest absolute Gasteiger partial charge is 0.377 e. The molecule has 3 aliphatic rings. The van der Waals surface area contributed by atoms with Gasteiger partial charge in [0.25, 0.3) is 0 Å². The highest BCUT2D eigenvalue weighted by Crippen LogP contribution is 2.29. The third kappa shape index (κ3) is 5.39. The van der Waals surface area contributed by atoms with E-state index in [1.54, 1.807) is 0 Å². The number of benzene rings is 1. The fourth-order valence-electron chi connectivity index (χ4n) is 5.94. The molecule has 0 spiro atoms. The molecule has 2 aliphatic heterocycles. The predicted molar refractivity (Wildman–Crippen MR) is 125 cm³/mol. The maximum atomic E-state index is 6.02. The van der Waals surface area contributed by atoms with Gasteiger partial charge in [0.15, 0.2) is 0 Å². The number of nitrogens with one attached hydrogen (secondary N) is 1.